The van der Waals surface area contributed by atoms with Gasteiger partial charge in [-0.05, 0) is 86.6 Å². The smallest absolute Gasteiger partial charge is 0.173 e. The zero-order valence-corrected chi connectivity index (χ0v) is 18.5. The van der Waals surface area contributed by atoms with Crippen LogP contribution < -0.4 is 0 Å². The van der Waals surface area contributed by atoms with Crippen molar-refractivity contribution in [3.63, 3.8) is 0 Å². The molecule has 5 rings (SSSR count). The lowest BCUT2D eigenvalue weighted by atomic mass is 9.76. The Labute approximate surface area is 178 Å². The molecule has 2 aliphatic heterocycles. The Morgan fingerprint density at radius 3 is 1.80 bits per heavy atom. The number of fused-ring (bicyclic) bond motifs is 5. The van der Waals surface area contributed by atoms with E-state index in [9.17, 15) is 9.90 Å². The van der Waals surface area contributed by atoms with Crippen molar-refractivity contribution in [1.82, 2.24) is 0 Å². The van der Waals surface area contributed by atoms with Crippen LogP contribution in [-0.4, -0.2) is 23.1 Å². The van der Waals surface area contributed by atoms with E-state index in [1.54, 1.807) is 0 Å². The number of aliphatic hydroxyl groups is 1. The van der Waals surface area contributed by atoms with Crippen molar-refractivity contribution in [2.24, 2.45) is 11.8 Å². The second-order valence-electron chi connectivity index (χ2n) is 9.37. The van der Waals surface area contributed by atoms with Gasteiger partial charge in [0.15, 0.2) is 5.78 Å². The van der Waals surface area contributed by atoms with Crippen LogP contribution in [0.5, 0.6) is 0 Å². The predicted octanol–water partition coefficient (Wildman–Crippen LogP) is 5.49. The van der Waals surface area contributed by atoms with E-state index in [0.717, 1.165) is 27.8 Å². The lowest BCUT2D eigenvalue weighted by molar-refractivity contribution is -0.117. The van der Waals surface area contributed by atoms with Gasteiger partial charge in [0.2, 0.25) is 0 Å². The maximum atomic E-state index is 13.7. The number of rotatable bonds is 2. The minimum Gasteiger partial charge on any atom is -0.511 e. The van der Waals surface area contributed by atoms with E-state index >= 15 is 0 Å². The van der Waals surface area contributed by atoms with Gasteiger partial charge in [0.25, 0.3) is 0 Å². The highest BCUT2D eigenvalue weighted by molar-refractivity contribution is 6.26. The maximum absolute atomic E-state index is 13.7. The van der Waals surface area contributed by atoms with Gasteiger partial charge in [0.1, 0.15) is 5.76 Å². The van der Waals surface area contributed by atoms with Gasteiger partial charge in [-0.15, -0.1) is 0 Å². The van der Waals surface area contributed by atoms with E-state index in [0.29, 0.717) is 5.57 Å². The molecule has 0 aromatic heterocycles. The monoisotopic (exact) mass is 400 g/mol. The molecule has 1 fully saturated rings. The van der Waals surface area contributed by atoms with E-state index < -0.39 is 0 Å². The topological polar surface area (TPSA) is 46.5 Å². The van der Waals surface area contributed by atoms with Crippen molar-refractivity contribution in [3.05, 3.63) is 80.6 Å². The number of aryl methyl sites for hydroxylation is 6. The third-order valence-electron chi connectivity index (χ3n) is 7.03. The number of ketones is 1. The van der Waals surface area contributed by atoms with E-state index in [2.05, 4.69) is 58.0 Å². The van der Waals surface area contributed by atoms with Gasteiger partial charge in [0, 0.05) is 0 Å². The summed E-state index contributed by atoms with van der Waals surface area (Å²) in [6.45, 7) is 12.4. The molecule has 1 aliphatic carbocycles. The van der Waals surface area contributed by atoms with Crippen LogP contribution in [0.25, 0.3) is 11.1 Å². The van der Waals surface area contributed by atoms with Crippen molar-refractivity contribution >= 4 is 16.9 Å². The molecule has 0 radical (unpaired) electrons. The van der Waals surface area contributed by atoms with Crippen molar-refractivity contribution in [1.29, 1.82) is 0 Å². The molecular weight excluding hydrogens is 372 g/mol. The van der Waals surface area contributed by atoms with Crippen LogP contribution in [0.15, 0.2) is 36.1 Å². The summed E-state index contributed by atoms with van der Waals surface area (Å²) < 4.78 is 6.24. The summed E-state index contributed by atoms with van der Waals surface area (Å²) in [6.07, 6.45) is 1.60. The zero-order valence-electron chi connectivity index (χ0n) is 18.5. The first-order valence-electron chi connectivity index (χ1n) is 10.7. The van der Waals surface area contributed by atoms with Crippen LogP contribution in [0, 0.1) is 53.4 Å². The standard InChI is InChI=1S/C27H28O3/c1-12-7-14(3)20(15(4)8-12)18-11-19-22-24(27(18)30-19)26(29)23(25(22)28)21-16(5)9-13(2)10-17(21)6/h7-11,19,22,24,27-28H,1-6H3/t19-,22-,24+,27?/m0/s1. The van der Waals surface area contributed by atoms with Gasteiger partial charge >= 0.3 is 0 Å². The average molecular weight is 401 g/mol. The average Bonchev–Trinajstić information content (AvgIpc) is 3.27. The Morgan fingerprint density at radius 1 is 0.767 bits per heavy atom. The molecule has 0 saturated carbocycles. The number of carbonyl (C=O) groups excluding carboxylic acids is 1. The van der Waals surface area contributed by atoms with Gasteiger partial charge in [-0.2, -0.15) is 0 Å². The molecule has 30 heavy (non-hydrogen) atoms. The zero-order chi connectivity index (χ0) is 21.5. The Morgan fingerprint density at radius 2 is 1.27 bits per heavy atom. The van der Waals surface area contributed by atoms with E-state index in [4.69, 9.17) is 4.74 Å². The molecule has 1 unspecified atom stereocenters. The molecule has 2 bridgehead atoms. The van der Waals surface area contributed by atoms with Gasteiger partial charge in [-0.3, -0.25) is 4.79 Å². The Balaban J connectivity index is 1.59. The van der Waals surface area contributed by atoms with Crippen LogP contribution in [0.4, 0.5) is 0 Å². The Hall–Kier alpha value is -2.65. The van der Waals surface area contributed by atoms with Crippen molar-refractivity contribution in [2.75, 3.05) is 0 Å². The summed E-state index contributed by atoms with van der Waals surface area (Å²) in [5.74, 6) is -0.383. The van der Waals surface area contributed by atoms with Crippen molar-refractivity contribution < 1.29 is 14.6 Å². The first kappa shape index (κ1) is 19.3. The molecule has 3 heteroatoms. The fourth-order valence-corrected chi connectivity index (χ4v) is 6.19. The summed E-state index contributed by atoms with van der Waals surface area (Å²) in [6, 6.07) is 8.53. The number of Topliss-reactive ketones (excluding diaryl/α,β-unsaturated/α-hetero) is 1. The van der Waals surface area contributed by atoms with Gasteiger partial charge < -0.3 is 9.84 Å². The highest BCUT2D eigenvalue weighted by Crippen LogP contribution is 2.56. The van der Waals surface area contributed by atoms with Crippen LogP contribution >= 0.6 is 0 Å². The summed E-state index contributed by atoms with van der Waals surface area (Å²) >= 11 is 0. The molecule has 1 N–H and O–H groups in total. The molecule has 2 heterocycles. The number of ether oxygens (including phenoxy) is 1. The Bertz CT molecular complexity index is 1130. The maximum Gasteiger partial charge on any atom is 0.173 e. The lowest BCUT2D eigenvalue weighted by Gasteiger charge is -2.24. The first-order valence-corrected chi connectivity index (χ1v) is 10.7. The third-order valence-corrected chi connectivity index (χ3v) is 7.03. The van der Waals surface area contributed by atoms with Crippen LogP contribution in [0.3, 0.4) is 0 Å². The number of hydrogen-bond acceptors (Lipinski definition) is 3. The number of hydrogen-bond donors (Lipinski definition) is 1. The number of benzene rings is 2. The second kappa shape index (κ2) is 6.42. The summed E-state index contributed by atoms with van der Waals surface area (Å²) in [4.78, 5) is 13.7. The fraction of sp³-hybridized carbons (Fsp3) is 0.370. The number of aliphatic hydroxyl groups excluding tert-OH is 1. The van der Waals surface area contributed by atoms with E-state index in [-0.39, 0.29) is 35.6 Å². The fourth-order valence-electron chi connectivity index (χ4n) is 6.19. The minimum absolute atomic E-state index is 0.0214. The molecule has 2 aromatic carbocycles. The highest BCUT2D eigenvalue weighted by Gasteiger charge is 2.60. The van der Waals surface area contributed by atoms with Crippen LogP contribution in [0.1, 0.15) is 44.5 Å². The molecule has 4 atom stereocenters. The van der Waals surface area contributed by atoms with E-state index in [1.165, 1.54) is 22.3 Å². The van der Waals surface area contributed by atoms with Crippen molar-refractivity contribution in [3.8, 4) is 0 Å². The van der Waals surface area contributed by atoms with Gasteiger partial charge in [-0.25, -0.2) is 0 Å². The van der Waals surface area contributed by atoms with Gasteiger partial charge in [0.05, 0.1) is 29.6 Å². The molecular formula is C27H28O3. The first-order chi connectivity index (χ1) is 14.2. The Kier molecular flexibility index (Phi) is 4.14. The molecule has 3 aliphatic rings. The molecule has 154 valence electrons. The van der Waals surface area contributed by atoms with Crippen molar-refractivity contribution in [2.45, 2.75) is 53.8 Å². The molecule has 0 amide bonds. The molecule has 0 spiro atoms. The second-order valence-corrected chi connectivity index (χ2v) is 9.37. The number of carbonyl (C=O) groups is 1. The van der Waals surface area contributed by atoms with E-state index in [1.807, 2.05) is 13.8 Å². The molecule has 1 saturated heterocycles. The van der Waals surface area contributed by atoms with Crippen LogP contribution in [0.2, 0.25) is 0 Å². The minimum atomic E-state index is -0.342. The largest absolute Gasteiger partial charge is 0.511 e. The third kappa shape index (κ3) is 2.51. The van der Waals surface area contributed by atoms with Crippen LogP contribution in [-0.2, 0) is 9.53 Å². The summed E-state index contributed by atoms with van der Waals surface area (Å²) in [5.41, 5.74) is 10.6. The van der Waals surface area contributed by atoms with Gasteiger partial charge in [-0.1, -0.05) is 35.4 Å². The predicted molar refractivity (Wildman–Crippen MR) is 119 cm³/mol. The number of allylic oxidation sites excluding steroid dienone is 1. The lowest BCUT2D eigenvalue weighted by Crippen LogP contribution is -2.29. The highest BCUT2D eigenvalue weighted by atomic mass is 16.5. The molecule has 2 aromatic rings. The summed E-state index contributed by atoms with van der Waals surface area (Å²) in [5, 5.41) is 11.2. The SMILES string of the molecule is Cc1cc(C)c(C2=C[C@@H]3OC2[C@H]2C(=O)C(c4c(C)cc(C)cc4C)=C(O)[C@@H]32)c(C)c1. The quantitative estimate of drug-likeness (QED) is 0.725. The summed E-state index contributed by atoms with van der Waals surface area (Å²) in [7, 11) is 0. The molecule has 3 nitrogen and oxygen atoms in total. The normalized spacial score (nSPS) is 27.1.